The van der Waals surface area contributed by atoms with Crippen LogP contribution < -0.4 is 5.43 Å². The number of hydrogen-bond acceptors (Lipinski definition) is 6. The van der Waals surface area contributed by atoms with Gasteiger partial charge in [-0.2, -0.15) is 15.3 Å². The number of benzene rings is 2. The number of carbonyl (C=O) groups excluding carboxylic acids is 1. The minimum absolute atomic E-state index is 0.101. The van der Waals surface area contributed by atoms with E-state index in [2.05, 4.69) is 20.7 Å². The molecule has 0 saturated carbocycles. The van der Waals surface area contributed by atoms with E-state index in [0.717, 1.165) is 22.6 Å². The number of amides is 1. The summed E-state index contributed by atoms with van der Waals surface area (Å²) in [6.45, 7) is -0.147. The number of rotatable bonds is 8. The minimum atomic E-state index is -0.600. The van der Waals surface area contributed by atoms with E-state index < -0.39 is 16.6 Å². The van der Waals surface area contributed by atoms with Gasteiger partial charge in [-0.15, -0.1) is 0 Å². The lowest BCUT2D eigenvalue weighted by molar-refractivity contribution is -0.385. The maximum atomic E-state index is 14.2. The van der Waals surface area contributed by atoms with Gasteiger partial charge in [-0.1, -0.05) is 48.0 Å². The largest absolute Gasteiger partial charge is 0.307 e. The van der Waals surface area contributed by atoms with E-state index in [1.54, 1.807) is 16.9 Å². The van der Waals surface area contributed by atoms with Gasteiger partial charge in [0.05, 0.1) is 17.7 Å². The molecule has 0 saturated heterocycles. The molecule has 0 atom stereocenters. The lowest BCUT2D eigenvalue weighted by Crippen LogP contribution is -2.23. The van der Waals surface area contributed by atoms with Crippen LogP contribution in [0, 0.1) is 15.9 Å². The summed E-state index contributed by atoms with van der Waals surface area (Å²) in [4.78, 5) is 22.2. The predicted molar refractivity (Wildman–Crippen MR) is 123 cm³/mol. The molecule has 172 valence electrons. The summed E-state index contributed by atoms with van der Waals surface area (Å²) >= 11 is 6.15. The third-order valence-electron chi connectivity index (χ3n) is 4.75. The molecule has 10 nitrogen and oxygen atoms in total. The number of hydrazone groups is 1. The molecule has 34 heavy (non-hydrogen) atoms. The molecule has 0 aliphatic carbocycles. The number of nitrogens with one attached hydrogen (secondary N) is 1. The molecule has 0 spiro atoms. The Morgan fingerprint density at radius 1 is 1.18 bits per heavy atom. The maximum absolute atomic E-state index is 14.2. The van der Waals surface area contributed by atoms with Crippen molar-refractivity contribution >= 4 is 29.4 Å². The van der Waals surface area contributed by atoms with Gasteiger partial charge in [0, 0.05) is 27.9 Å². The first-order valence-electron chi connectivity index (χ1n) is 9.95. The Morgan fingerprint density at radius 3 is 2.68 bits per heavy atom. The molecule has 1 amide bonds. The zero-order chi connectivity index (χ0) is 24.1. The van der Waals surface area contributed by atoms with Crippen molar-refractivity contribution in [2.75, 3.05) is 0 Å². The van der Waals surface area contributed by atoms with Crippen LogP contribution in [0.4, 0.5) is 10.1 Å². The molecule has 0 aliphatic heterocycles. The number of carbonyl (C=O) groups is 1. The standard InChI is InChI=1S/C22H17ClFN7O3/c23-19-7-4-8-20(24)18(19)13-30-11-16(22(28-30)15-5-2-1-3-6-15)9-25-27-21(32)14-29-12-17(10-26-29)31(33)34/h1-12H,13-14H2,(H,27,32)/b25-9+. The third kappa shape index (κ3) is 5.33. The van der Waals surface area contributed by atoms with E-state index in [1.807, 2.05) is 30.3 Å². The maximum Gasteiger partial charge on any atom is 0.307 e. The molecule has 0 radical (unpaired) electrons. The van der Waals surface area contributed by atoms with Crippen molar-refractivity contribution in [1.82, 2.24) is 25.0 Å². The van der Waals surface area contributed by atoms with Gasteiger partial charge in [-0.25, -0.2) is 9.82 Å². The predicted octanol–water partition coefficient (Wildman–Crippen LogP) is 3.65. The van der Waals surface area contributed by atoms with Gasteiger partial charge in [0.15, 0.2) is 0 Å². The van der Waals surface area contributed by atoms with Gasteiger partial charge in [0.1, 0.15) is 30.4 Å². The van der Waals surface area contributed by atoms with Crippen LogP contribution in [0.1, 0.15) is 11.1 Å². The number of halogens is 2. The Bertz CT molecular complexity index is 1350. The van der Waals surface area contributed by atoms with E-state index in [9.17, 15) is 19.3 Å². The molecular formula is C22H17ClFN7O3. The van der Waals surface area contributed by atoms with Crippen LogP contribution in [0.2, 0.25) is 5.02 Å². The summed E-state index contributed by atoms with van der Waals surface area (Å²) in [5, 5.41) is 23.3. The quantitative estimate of drug-likeness (QED) is 0.234. The highest BCUT2D eigenvalue weighted by atomic mass is 35.5. The Kier molecular flexibility index (Phi) is 6.74. The SMILES string of the molecule is O=C(Cn1cc([N+](=O)[O-])cn1)N/N=C/c1cn(Cc2c(F)cccc2Cl)nc1-c1ccccc1. The number of nitro groups is 1. The highest BCUT2D eigenvalue weighted by molar-refractivity contribution is 6.31. The summed E-state index contributed by atoms with van der Waals surface area (Å²) < 4.78 is 16.9. The summed E-state index contributed by atoms with van der Waals surface area (Å²) in [6, 6.07) is 13.8. The lowest BCUT2D eigenvalue weighted by atomic mass is 10.1. The summed E-state index contributed by atoms with van der Waals surface area (Å²) in [5.74, 6) is -0.966. The zero-order valence-electron chi connectivity index (χ0n) is 17.5. The summed E-state index contributed by atoms with van der Waals surface area (Å²) in [6.07, 6.45) is 5.28. The Labute approximate surface area is 197 Å². The van der Waals surface area contributed by atoms with E-state index >= 15 is 0 Å². The van der Waals surface area contributed by atoms with Crippen LogP contribution in [0.5, 0.6) is 0 Å². The molecule has 1 N–H and O–H groups in total. The first-order chi connectivity index (χ1) is 16.4. The van der Waals surface area contributed by atoms with Gasteiger partial charge in [0.25, 0.3) is 5.91 Å². The highest BCUT2D eigenvalue weighted by Crippen LogP contribution is 2.24. The molecular weight excluding hydrogens is 465 g/mol. The first kappa shape index (κ1) is 22.8. The molecule has 0 bridgehead atoms. The van der Waals surface area contributed by atoms with Crippen molar-refractivity contribution in [3.63, 3.8) is 0 Å². The second kappa shape index (κ2) is 10.0. The van der Waals surface area contributed by atoms with Gasteiger partial charge >= 0.3 is 5.69 Å². The van der Waals surface area contributed by atoms with E-state index in [0.29, 0.717) is 16.8 Å². The van der Waals surface area contributed by atoms with Crippen molar-refractivity contribution < 1.29 is 14.1 Å². The van der Waals surface area contributed by atoms with Crippen molar-refractivity contribution in [2.45, 2.75) is 13.1 Å². The van der Waals surface area contributed by atoms with E-state index in [1.165, 1.54) is 18.3 Å². The second-order valence-corrected chi connectivity index (χ2v) is 7.55. The van der Waals surface area contributed by atoms with Crippen LogP contribution in [0.15, 0.2) is 72.2 Å². The second-order valence-electron chi connectivity index (χ2n) is 7.14. The van der Waals surface area contributed by atoms with Gasteiger partial charge in [-0.3, -0.25) is 24.3 Å². The molecule has 4 aromatic rings. The normalized spacial score (nSPS) is 11.1. The fourth-order valence-electron chi connectivity index (χ4n) is 3.17. The smallest absolute Gasteiger partial charge is 0.271 e. The average Bonchev–Trinajstić information content (AvgIpc) is 3.44. The highest BCUT2D eigenvalue weighted by Gasteiger charge is 2.14. The Morgan fingerprint density at radius 2 is 1.97 bits per heavy atom. The topological polar surface area (TPSA) is 120 Å². The van der Waals surface area contributed by atoms with Gasteiger partial charge < -0.3 is 0 Å². The van der Waals surface area contributed by atoms with Crippen molar-refractivity contribution in [2.24, 2.45) is 5.10 Å². The van der Waals surface area contributed by atoms with Crippen molar-refractivity contribution in [3.8, 4) is 11.3 Å². The monoisotopic (exact) mass is 481 g/mol. The molecule has 2 aromatic carbocycles. The molecule has 0 aliphatic rings. The molecule has 4 rings (SSSR count). The van der Waals surface area contributed by atoms with Crippen LogP contribution in [-0.4, -0.2) is 36.6 Å². The minimum Gasteiger partial charge on any atom is -0.271 e. The van der Waals surface area contributed by atoms with Gasteiger partial charge in [0.2, 0.25) is 0 Å². The van der Waals surface area contributed by atoms with Crippen molar-refractivity contribution in [3.05, 3.63) is 99.2 Å². The fraction of sp³-hybridized carbons (Fsp3) is 0.0909. The van der Waals surface area contributed by atoms with E-state index in [4.69, 9.17) is 11.6 Å². The summed E-state index contributed by atoms with van der Waals surface area (Å²) in [7, 11) is 0. The molecule has 2 aromatic heterocycles. The van der Waals surface area contributed by atoms with Crippen molar-refractivity contribution in [1.29, 1.82) is 0 Å². The third-order valence-corrected chi connectivity index (χ3v) is 5.10. The number of hydrogen-bond donors (Lipinski definition) is 1. The summed E-state index contributed by atoms with van der Waals surface area (Å²) in [5.41, 5.74) is 4.40. The number of nitrogens with zero attached hydrogens (tertiary/aromatic N) is 6. The Hall–Kier alpha value is -4.38. The Balaban J connectivity index is 1.53. The molecule has 12 heteroatoms. The van der Waals surface area contributed by atoms with Gasteiger partial charge in [-0.05, 0) is 12.1 Å². The first-order valence-corrected chi connectivity index (χ1v) is 10.3. The number of aromatic nitrogens is 4. The van der Waals surface area contributed by atoms with E-state index in [-0.39, 0.29) is 23.8 Å². The molecule has 2 heterocycles. The lowest BCUT2D eigenvalue weighted by Gasteiger charge is -2.05. The van der Waals surface area contributed by atoms with Crippen LogP contribution in [0.3, 0.4) is 0 Å². The molecule has 0 unspecified atom stereocenters. The van der Waals surface area contributed by atoms with Crippen LogP contribution in [0.25, 0.3) is 11.3 Å². The molecule has 0 fully saturated rings. The fourth-order valence-corrected chi connectivity index (χ4v) is 3.39. The van der Waals surface area contributed by atoms with Crippen LogP contribution >= 0.6 is 11.6 Å². The average molecular weight is 482 g/mol. The van der Waals surface area contributed by atoms with Crippen LogP contribution in [-0.2, 0) is 17.9 Å². The zero-order valence-corrected chi connectivity index (χ0v) is 18.3.